The van der Waals surface area contributed by atoms with E-state index in [2.05, 4.69) is 51.0 Å². The Morgan fingerprint density at radius 1 is 1.31 bits per heavy atom. The zero-order valence-corrected chi connectivity index (χ0v) is 10.9. The summed E-state index contributed by atoms with van der Waals surface area (Å²) in [5, 5.41) is 0. The van der Waals surface area contributed by atoms with Gasteiger partial charge in [-0.15, -0.1) is 0 Å². The SMILES string of the molecule is C/C=C/C[Si](C)(C)CCN(C)CC. The van der Waals surface area contributed by atoms with Crippen molar-refractivity contribution in [1.29, 1.82) is 0 Å². The maximum absolute atomic E-state index is 2.48. The third kappa shape index (κ3) is 7.02. The number of rotatable bonds is 6. The highest BCUT2D eigenvalue weighted by atomic mass is 28.3. The summed E-state index contributed by atoms with van der Waals surface area (Å²) in [6, 6.07) is 2.75. The van der Waals surface area contributed by atoms with Crippen LogP contribution in [0.1, 0.15) is 13.8 Å². The van der Waals surface area contributed by atoms with Gasteiger partial charge in [-0.3, -0.25) is 0 Å². The number of allylic oxidation sites excluding steroid dienone is 2. The standard InChI is InChI=1S/C11H25NSi/c1-6-8-10-13(4,5)11-9-12(3)7-2/h6,8H,7,9-11H2,1-5H3/b8-6+. The smallest absolute Gasteiger partial charge is 0.0523 e. The van der Waals surface area contributed by atoms with Crippen molar-refractivity contribution in [3.8, 4) is 0 Å². The molecule has 0 aromatic heterocycles. The third-order valence-electron chi connectivity index (χ3n) is 2.62. The lowest BCUT2D eigenvalue weighted by atomic mass is 10.6. The molecule has 0 radical (unpaired) electrons. The molecule has 78 valence electrons. The summed E-state index contributed by atoms with van der Waals surface area (Å²) in [7, 11) is 1.28. The van der Waals surface area contributed by atoms with Crippen LogP contribution in [0.15, 0.2) is 12.2 Å². The van der Waals surface area contributed by atoms with Crippen LogP contribution in [-0.2, 0) is 0 Å². The molecule has 0 aliphatic rings. The third-order valence-corrected chi connectivity index (χ3v) is 5.53. The lowest BCUT2D eigenvalue weighted by molar-refractivity contribution is 0.371. The molecule has 0 spiro atoms. The molecule has 0 aliphatic carbocycles. The molecular formula is C11H25NSi. The Bertz CT molecular complexity index is 152. The second-order valence-corrected chi connectivity index (χ2v) is 9.82. The van der Waals surface area contributed by atoms with Crippen LogP contribution < -0.4 is 0 Å². The lowest BCUT2D eigenvalue weighted by Crippen LogP contribution is -2.31. The summed E-state index contributed by atoms with van der Waals surface area (Å²) in [5.74, 6) is 0. The van der Waals surface area contributed by atoms with Crippen molar-refractivity contribution in [2.45, 2.75) is 39.0 Å². The van der Waals surface area contributed by atoms with Crippen molar-refractivity contribution in [3.63, 3.8) is 0 Å². The predicted molar refractivity (Wildman–Crippen MR) is 65.1 cm³/mol. The van der Waals surface area contributed by atoms with Gasteiger partial charge in [0.25, 0.3) is 0 Å². The first-order valence-electron chi connectivity index (χ1n) is 5.31. The molecule has 13 heavy (non-hydrogen) atoms. The Hall–Kier alpha value is -0.0831. The molecule has 0 amide bonds. The van der Waals surface area contributed by atoms with E-state index in [1.54, 1.807) is 0 Å². The van der Waals surface area contributed by atoms with Crippen LogP contribution in [0.4, 0.5) is 0 Å². The van der Waals surface area contributed by atoms with Crippen molar-refractivity contribution in [3.05, 3.63) is 12.2 Å². The summed E-state index contributed by atoms with van der Waals surface area (Å²) in [4.78, 5) is 2.41. The number of hydrogen-bond acceptors (Lipinski definition) is 1. The van der Waals surface area contributed by atoms with E-state index in [1.807, 2.05) is 0 Å². The normalized spacial score (nSPS) is 13.1. The highest BCUT2D eigenvalue weighted by Gasteiger charge is 2.18. The van der Waals surface area contributed by atoms with Gasteiger partial charge < -0.3 is 4.90 Å². The van der Waals surface area contributed by atoms with Gasteiger partial charge in [-0.1, -0.05) is 32.2 Å². The largest absolute Gasteiger partial charge is 0.307 e. The van der Waals surface area contributed by atoms with Crippen LogP contribution >= 0.6 is 0 Å². The Labute approximate surface area is 84.8 Å². The van der Waals surface area contributed by atoms with Gasteiger partial charge in [-0.25, -0.2) is 0 Å². The molecule has 0 aromatic rings. The molecule has 0 atom stereocenters. The fourth-order valence-electron chi connectivity index (χ4n) is 1.19. The van der Waals surface area contributed by atoms with Crippen molar-refractivity contribution >= 4 is 8.07 Å². The van der Waals surface area contributed by atoms with E-state index in [4.69, 9.17) is 0 Å². The number of hydrogen-bond donors (Lipinski definition) is 0. The molecule has 0 bridgehead atoms. The Kier molecular flexibility index (Phi) is 6.34. The summed E-state index contributed by atoms with van der Waals surface area (Å²) in [5.41, 5.74) is 0. The van der Waals surface area contributed by atoms with Crippen LogP contribution in [0.3, 0.4) is 0 Å². The summed E-state index contributed by atoms with van der Waals surface area (Å²) in [6.07, 6.45) is 4.51. The van der Waals surface area contributed by atoms with Crippen molar-refractivity contribution in [2.75, 3.05) is 20.1 Å². The topological polar surface area (TPSA) is 3.24 Å². The van der Waals surface area contributed by atoms with E-state index in [9.17, 15) is 0 Å². The quantitative estimate of drug-likeness (QED) is 0.469. The van der Waals surface area contributed by atoms with E-state index >= 15 is 0 Å². The highest BCUT2D eigenvalue weighted by Crippen LogP contribution is 2.16. The van der Waals surface area contributed by atoms with Crippen LogP contribution in [0, 0.1) is 0 Å². The molecule has 0 fully saturated rings. The van der Waals surface area contributed by atoms with E-state index in [1.165, 1.54) is 25.2 Å². The van der Waals surface area contributed by atoms with Gasteiger partial charge in [-0.2, -0.15) is 0 Å². The van der Waals surface area contributed by atoms with Gasteiger partial charge in [0.05, 0.1) is 8.07 Å². The average molecular weight is 199 g/mol. The van der Waals surface area contributed by atoms with E-state index in [0.717, 1.165) is 0 Å². The van der Waals surface area contributed by atoms with Gasteiger partial charge in [-0.05, 0) is 39.1 Å². The van der Waals surface area contributed by atoms with E-state index in [0.29, 0.717) is 0 Å². The zero-order chi connectivity index (χ0) is 10.3. The molecule has 1 nitrogen and oxygen atoms in total. The molecule has 0 heterocycles. The zero-order valence-electron chi connectivity index (χ0n) is 9.93. The lowest BCUT2D eigenvalue weighted by Gasteiger charge is -2.23. The van der Waals surface area contributed by atoms with Gasteiger partial charge in [0.2, 0.25) is 0 Å². The van der Waals surface area contributed by atoms with Gasteiger partial charge >= 0.3 is 0 Å². The van der Waals surface area contributed by atoms with Crippen LogP contribution in [-0.4, -0.2) is 33.1 Å². The fourth-order valence-corrected chi connectivity index (χ4v) is 3.26. The maximum Gasteiger partial charge on any atom is 0.0523 e. The van der Waals surface area contributed by atoms with Gasteiger partial charge in [0, 0.05) is 0 Å². The van der Waals surface area contributed by atoms with Gasteiger partial charge in [0.1, 0.15) is 0 Å². The Morgan fingerprint density at radius 2 is 1.92 bits per heavy atom. The minimum Gasteiger partial charge on any atom is -0.307 e. The number of nitrogens with zero attached hydrogens (tertiary/aromatic N) is 1. The Balaban J connectivity index is 3.74. The molecule has 0 unspecified atom stereocenters. The summed E-state index contributed by atoms with van der Waals surface area (Å²) < 4.78 is 0. The van der Waals surface area contributed by atoms with Crippen molar-refractivity contribution in [1.82, 2.24) is 4.90 Å². The fraction of sp³-hybridized carbons (Fsp3) is 0.818. The first-order chi connectivity index (χ1) is 6.02. The van der Waals surface area contributed by atoms with Crippen LogP contribution in [0.5, 0.6) is 0 Å². The van der Waals surface area contributed by atoms with Gasteiger partial charge in [0.15, 0.2) is 0 Å². The first-order valence-corrected chi connectivity index (χ1v) is 8.73. The molecule has 0 rings (SSSR count). The van der Waals surface area contributed by atoms with Crippen molar-refractivity contribution < 1.29 is 0 Å². The van der Waals surface area contributed by atoms with Crippen molar-refractivity contribution in [2.24, 2.45) is 0 Å². The monoisotopic (exact) mass is 199 g/mol. The second kappa shape index (κ2) is 6.38. The summed E-state index contributed by atoms with van der Waals surface area (Å²) >= 11 is 0. The molecule has 0 aromatic carbocycles. The maximum atomic E-state index is 2.48. The summed E-state index contributed by atoms with van der Waals surface area (Å²) in [6.45, 7) is 11.7. The predicted octanol–water partition coefficient (Wildman–Crippen LogP) is 3.22. The minimum absolute atomic E-state index is 0.932. The first kappa shape index (κ1) is 12.9. The highest BCUT2D eigenvalue weighted by molar-refractivity contribution is 6.77. The molecular weight excluding hydrogens is 174 g/mol. The van der Waals surface area contributed by atoms with Crippen LogP contribution in [0.25, 0.3) is 0 Å². The molecule has 0 saturated carbocycles. The average Bonchev–Trinajstić information content (AvgIpc) is 2.11. The minimum atomic E-state index is -0.932. The molecule has 2 heteroatoms. The van der Waals surface area contributed by atoms with E-state index in [-0.39, 0.29) is 0 Å². The molecule has 0 saturated heterocycles. The van der Waals surface area contributed by atoms with E-state index < -0.39 is 8.07 Å². The molecule has 0 N–H and O–H groups in total. The molecule has 0 aliphatic heterocycles. The Morgan fingerprint density at radius 3 is 2.38 bits per heavy atom. The second-order valence-electron chi connectivity index (χ2n) is 4.58. The van der Waals surface area contributed by atoms with Crippen LogP contribution in [0.2, 0.25) is 25.2 Å².